The molecule has 3 aromatic carbocycles. The van der Waals surface area contributed by atoms with Crippen molar-refractivity contribution in [1.82, 2.24) is 5.43 Å². The second-order valence-corrected chi connectivity index (χ2v) is 7.56. The van der Waals surface area contributed by atoms with Crippen LogP contribution in [0.5, 0.6) is 11.5 Å². The molecule has 0 radical (unpaired) electrons. The number of anilines is 2. The molecule has 176 valence electrons. The maximum Gasteiger partial charge on any atom is 0.273 e. The molecule has 0 aromatic heterocycles. The van der Waals surface area contributed by atoms with Crippen LogP contribution in [0.1, 0.15) is 34.0 Å². The Morgan fingerprint density at radius 2 is 1.76 bits per heavy atom. The highest BCUT2D eigenvalue weighted by Crippen LogP contribution is 2.28. The van der Waals surface area contributed by atoms with Crippen molar-refractivity contribution in [2.75, 3.05) is 24.3 Å². The van der Waals surface area contributed by atoms with E-state index in [9.17, 15) is 9.59 Å². The minimum atomic E-state index is -0.408. The van der Waals surface area contributed by atoms with Gasteiger partial charge in [-0.1, -0.05) is 18.2 Å². The third-order valence-corrected chi connectivity index (χ3v) is 5.00. The molecular weight excluding hydrogens is 432 g/mol. The van der Waals surface area contributed by atoms with Crippen LogP contribution in [-0.4, -0.2) is 31.2 Å². The van der Waals surface area contributed by atoms with Gasteiger partial charge < -0.3 is 20.5 Å². The number of nitrogens with one attached hydrogen (secondary N) is 2. The summed E-state index contributed by atoms with van der Waals surface area (Å²) in [4.78, 5) is 24.5. The van der Waals surface area contributed by atoms with Gasteiger partial charge in [-0.2, -0.15) is 5.10 Å². The third-order valence-electron chi connectivity index (χ3n) is 5.00. The Balaban J connectivity index is 1.61. The number of para-hydroxylation sites is 1. The fraction of sp³-hybridized carbons (Fsp3) is 0.192. The Kier molecular flexibility index (Phi) is 8.23. The second kappa shape index (κ2) is 11.5. The largest absolute Gasteiger partial charge is 0.490 e. The summed E-state index contributed by atoms with van der Waals surface area (Å²) >= 11 is 0. The summed E-state index contributed by atoms with van der Waals surface area (Å²) in [5, 5.41) is 6.81. The van der Waals surface area contributed by atoms with E-state index in [0.717, 1.165) is 11.1 Å². The van der Waals surface area contributed by atoms with E-state index in [1.807, 2.05) is 39.0 Å². The molecule has 0 unspecified atom stereocenters. The number of hydrogen-bond donors (Lipinski definition) is 3. The molecule has 3 aromatic rings. The minimum Gasteiger partial charge on any atom is -0.490 e. The van der Waals surface area contributed by atoms with Crippen molar-refractivity contribution in [3.63, 3.8) is 0 Å². The van der Waals surface area contributed by atoms with Crippen LogP contribution in [-0.2, 0) is 4.79 Å². The normalized spacial score (nSPS) is 10.7. The number of carbonyl (C=O) groups is 2. The molecule has 3 rings (SSSR count). The predicted octanol–water partition coefficient (Wildman–Crippen LogP) is 4.07. The zero-order valence-corrected chi connectivity index (χ0v) is 19.4. The van der Waals surface area contributed by atoms with Gasteiger partial charge in [0.25, 0.3) is 11.8 Å². The van der Waals surface area contributed by atoms with Crippen molar-refractivity contribution in [3.8, 4) is 11.5 Å². The number of aryl methyl sites for hydroxylation is 2. The Bertz CT molecular complexity index is 1210. The zero-order chi connectivity index (χ0) is 24.5. The minimum absolute atomic E-state index is 0.172. The molecule has 2 amide bonds. The smallest absolute Gasteiger partial charge is 0.273 e. The van der Waals surface area contributed by atoms with Crippen molar-refractivity contribution in [1.29, 1.82) is 0 Å². The monoisotopic (exact) mass is 460 g/mol. The Morgan fingerprint density at radius 3 is 2.50 bits per heavy atom. The first-order chi connectivity index (χ1) is 16.4. The number of rotatable bonds is 9. The molecule has 0 aliphatic carbocycles. The van der Waals surface area contributed by atoms with E-state index in [1.165, 1.54) is 6.21 Å². The van der Waals surface area contributed by atoms with Crippen molar-refractivity contribution in [3.05, 3.63) is 82.9 Å². The molecule has 0 atom stereocenters. The average Bonchev–Trinajstić information content (AvgIpc) is 2.81. The lowest BCUT2D eigenvalue weighted by atomic mass is 10.1. The second-order valence-electron chi connectivity index (χ2n) is 7.56. The molecule has 0 aliphatic heterocycles. The van der Waals surface area contributed by atoms with Crippen molar-refractivity contribution in [2.45, 2.75) is 20.8 Å². The summed E-state index contributed by atoms with van der Waals surface area (Å²) in [6.07, 6.45) is 1.48. The first-order valence-electron chi connectivity index (χ1n) is 10.8. The van der Waals surface area contributed by atoms with Crippen LogP contribution < -0.4 is 25.9 Å². The summed E-state index contributed by atoms with van der Waals surface area (Å²) in [6.45, 7) is 6.09. The van der Waals surface area contributed by atoms with Crippen LogP contribution >= 0.6 is 0 Å². The van der Waals surface area contributed by atoms with Crippen LogP contribution in [0.3, 0.4) is 0 Å². The zero-order valence-electron chi connectivity index (χ0n) is 19.4. The first-order valence-corrected chi connectivity index (χ1v) is 10.8. The van der Waals surface area contributed by atoms with Gasteiger partial charge >= 0.3 is 0 Å². The SMILES string of the molecule is CCOc1cc(/C=N/NC(=O)c2ccccc2N)ccc1OCC(=O)Nc1ccc(C)c(C)c1. The molecule has 0 spiro atoms. The lowest BCUT2D eigenvalue weighted by Crippen LogP contribution is -2.20. The van der Waals surface area contributed by atoms with E-state index in [-0.39, 0.29) is 12.5 Å². The highest BCUT2D eigenvalue weighted by molar-refractivity contribution is 5.99. The van der Waals surface area contributed by atoms with Gasteiger partial charge in [-0.05, 0) is 79.9 Å². The summed E-state index contributed by atoms with van der Waals surface area (Å²) in [5.41, 5.74) is 12.6. The third kappa shape index (κ3) is 6.59. The van der Waals surface area contributed by atoms with Gasteiger partial charge in [0.2, 0.25) is 0 Å². The lowest BCUT2D eigenvalue weighted by Gasteiger charge is -2.13. The van der Waals surface area contributed by atoms with E-state index in [1.54, 1.807) is 42.5 Å². The molecule has 8 heteroatoms. The Morgan fingerprint density at radius 1 is 0.971 bits per heavy atom. The number of carbonyl (C=O) groups excluding carboxylic acids is 2. The molecule has 0 fully saturated rings. The van der Waals surface area contributed by atoms with Gasteiger partial charge in [0.05, 0.1) is 18.4 Å². The van der Waals surface area contributed by atoms with Crippen molar-refractivity contribution < 1.29 is 19.1 Å². The molecule has 4 N–H and O–H groups in total. The number of amides is 2. The highest BCUT2D eigenvalue weighted by Gasteiger charge is 2.10. The molecule has 0 saturated heterocycles. The van der Waals surface area contributed by atoms with Gasteiger partial charge in [0.1, 0.15) is 0 Å². The van der Waals surface area contributed by atoms with Gasteiger partial charge in [-0.3, -0.25) is 9.59 Å². The average molecular weight is 461 g/mol. The highest BCUT2D eigenvalue weighted by atomic mass is 16.5. The van der Waals surface area contributed by atoms with Crippen molar-refractivity contribution >= 4 is 29.4 Å². The summed E-state index contributed by atoms with van der Waals surface area (Å²) < 4.78 is 11.3. The Hall–Kier alpha value is -4.33. The summed E-state index contributed by atoms with van der Waals surface area (Å²) in [7, 11) is 0. The maximum absolute atomic E-state index is 12.3. The summed E-state index contributed by atoms with van der Waals surface area (Å²) in [5.74, 6) is 0.202. The first kappa shape index (κ1) is 24.3. The number of nitrogens with zero attached hydrogens (tertiary/aromatic N) is 1. The standard InChI is InChI=1S/C26H28N4O4/c1-4-33-24-14-19(15-28-30-26(32)21-7-5-6-8-22(21)27)10-12-23(24)34-16-25(31)29-20-11-9-17(2)18(3)13-20/h5-15H,4,16,27H2,1-3H3,(H,29,31)(H,30,32)/b28-15+. The molecular formula is C26H28N4O4. The fourth-order valence-corrected chi connectivity index (χ4v) is 3.08. The fourth-order valence-electron chi connectivity index (χ4n) is 3.08. The van der Waals surface area contributed by atoms with Crippen LogP contribution in [0, 0.1) is 13.8 Å². The van der Waals surface area contributed by atoms with Gasteiger partial charge in [-0.15, -0.1) is 0 Å². The van der Waals surface area contributed by atoms with E-state index < -0.39 is 5.91 Å². The maximum atomic E-state index is 12.3. The molecule has 0 saturated carbocycles. The molecule has 0 heterocycles. The van der Waals surface area contributed by atoms with Crippen molar-refractivity contribution in [2.24, 2.45) is 5.10 Å². The lowest BCUT2D eigenvalue weighted by molar-refractivity contribution is -0.118. The molecule has 0 bridgehead atoms. The number of nitrogen functional groups attached to an aromatic ring is 1. The van der Waals surface area contributed by atoms with Gasteiger partial charge in [-0.25, -0.2) is 5.43 Å². The molecule has 34 heavy (non-hydrogen) atoms. The van der Waals surface area contributed by atoms with E-state index >= 15 is 0 Å². The molecule has 8 nitrogen and oxygen atoms in total. The number of hydrazone groups is 1. The van der Waals surface area contributed by atoms with Crippen LogP contribution in [0.2, 0.25) is 0 Å². The number of ether oxygens (including phenoxy) is 2. The van der Waals surface area contributed by atoms with Gasteiger partial charge in [0.15, 0.2) is 18.1 Å². The van der Waals surface area contributed by atoms with E-state index in [2.05, 4.69) is 15.8 Å². The van der Waals surface area contributed by atoms with E-state index in [0.29, 0.717) is 40.6 Å². The van der Waals surface area contributed by atoms with Crippen LogP contribution in [0.15, 0.2) is 65.8 Å². The summed E-state index contributed by atoms with van der Waals surface area (Å²) in [6, 6.07) is 17.6. The van der Waals surface area contributed by atoms with Crippen LogP contribution in [0.4, 0.5) is 11.4 Å². The Labute approximate surface area is 198 Å². The predicted molar refractivity (Wildman–Crippen MR) is 134 cm³/mol. The van der Waals surface area contributed by atoms with E-state index in [4.69, 9.17) is 15.2 Å². The topological polar surface area (TPSA) is 115 Å². The quantitative estimate of drug-likeness (QED) is 0.253. The number of nitrogens with two attached hydrogens (primary N) is 1. The van der Waals surface area contributed by atoms with Gasteiger partial charge in [0, 0.05) is 11.4 Å². The number of hydrogen-bond acceptors (Lipinski definition) is 6. The number of benzene rings is 3. The molecule has 0 aliphatic rings. The van der Waals surface area contributed by atoms with Crippen LogP contribution in [0.25, 0.3) is 0 Å².